The average Bonchev–Trinajstić information content (AvgIpc) is 3.25. The molecule has 0 amide bonds. The van der Waals surface area contributed by atoms with Crippen molar-refractivity contribution in [1.82, 2.24) is 15.5 Å². The first-order valence-corrected chi connectivity index (χ1v) is 11.1. The Hall–Kier alpha value is -1.79. The quantitative estimate of drug-likeness (QED) is 0.517. The number of benzene rings is 1. The summed E-state index contributed by atoms with van der Waals surface area (Å²) < 4.78 is 11.6. The van der Waals surface area contributed by atoms with Crippen molar-refractivity contribution in [2.24, 2.45) is 10.9 Å². The van der Waals surface area contributed by atoms with Gasteiger partial charge in [-0.1, -0.05) is 18.6 Å². The van der Waals surface area contributed by atoms with Crippen molar-refractivity contribution in [3.8, 4) is 5.75 Å². The molecule has 2 atom stereocenters. The Morgan fingerprint density at radius 3 is 2.93 bits per heavy atom. The zero-order chi connectivity index (χ0) is 20.5. The number of likely N-dealkylation sites (tertiary alicyclic amines) is 1. The van der Waals surface area contributed by atoms with E-state index in [1.54, 1.807) is 0 Å². The Labute approximate surface area is 176 Å². The molecule has 3 rings (SSSR count). The third-order valence-electron chi connectivity index (χ3n) is 6.02. The number of piperidine rings is 1. The zero-order valence-electron chi connectivity index (χ0n) is 18.4. The van der Waals surface area contributed by atoms with Crippen LogP contribution in [0, 0.1) is 12.8 Å². The van der Waals surface area contributed by atoms with Crippen LogP contribution in [0.25, 0.3) is 0 Å². The number of hydrogen-bond acceptors (Lipinski definition) is 4. The van der Waals surface area contributed by atoms with Crippen LogP contribution in [0.15, 0.2) is 23.2 Å². The zero-order valence-corrected chi connectivity index (χ0v) is 18.4. The van der Waals surface area contributed by atoms with E-state index < -0.39 is 0 Å². The number of nitrogens with one attached hydrogen (secondary N) is 2. The summed E-state index contributed by atoms with van der Waals surface area (Å²) >= 11 is 0. The van der Waals surface area contributed by atoms with Crippen LogP contribution in [0.1, 0.15) is 43.7 Å². The highest BCUT2D eigenvalue weighted by Gasteiger charge is 2.18. The second kappa shape index (κ2) is 11.4. The Kier molecular flexibility index (Phi) is 8.62. The number of hydrogen-bond donors (Lipinski definition) is 2. The van der Waals surface area contributed by atoms with Gasteiger partial charge in [-0.05, 0) is 51.3 Å². The van der Waals surface area contributed by atoms with E-state index in [1.807, 2.05) is 7.05 Å². The van der Waals surface area contributed by atoms with Crippen molar-refractivity contribution in [3.05, 3.63) is 29.3 Å². The number of nitrogens with zero attached hydrogens (tertiary/aromatic N) is 2. The molecule has 0 aromatic heterocycles. The Morgan fingerprint density at radius 2 is 2.17 bits per heavy atom. The van der Waals surface area contributed by atoms with Gasteiger partial charge in [0.15, 0.2) is 5.96 Å². The number of rotatable bonds is 8. The van der Waals surface area contributed by atoms with E-state index in [2.05, 4.69) is 52.6 Å². The van der Waals surface area contributed by atoms with Crippen LogP contribution in [-0.2, 0) is 11.3 Å². The van der Waals surface area contributed by atoms with Gasteiger partial charge in [-0.3, -0.25) is 9.89 Å². The molecule has 6 heteroatoms. The van der Waals surface area contributed by atoms with Crippen LogP contribution >= 0.6 is 0 Å². The molecule has 0 radical (unpaired) electrons. The molecule has 29 heavy (non-hydrogen) atoms. The SMILES string of the molecule is CN=C(NCCN1CCCCC1C)NCc1ccc(C)cc1OCC1CCOC1. The fraction of sp³-hybridized carbons (Fsp3) is 0.696. The van der Waals surface area contributed by atoms with Crippen LogP contribution in [0.3, 0.4) is 0 Å². The van der Waals surface area contributed by atoms with Gasteiger partial charge >= 0.3 is 0 Å². The van der Waals surface area contributed by atoms with Crippen molar-refractivity contribution < 1.29 is 9.47 Å². The largest absolute Gasteiger partial charge is 0.493 e. The van der Waals surface area contributed by atoms with Gasteiger partial charge in [0.1, 0.15) is 5.75 Å². The minimum Gasteiger partial charge on any atom is -0.493 e. The molecule has 1 aromatic rings. The second-order valence-electron chi connectivity index (χ2n) is 8.39. The fourth-order valence-corrected chi connectivity index (χ4v) is 4.07. The summed E-state index contributed by atoms with van der Waals surface area (Å²) in [6.45, 7) is 10.7. The molecule has 0 spiro atoms. The Balaban J connectivity index is 1.46. The summed E-state index contributed by atoms with van der Waals surface area (Å²) in [5, 5.41) is 6.89. The van der Waals surface area contributed by atoms with E-state index in [0.717, 1.165) is 56.6 Å². The summed E-state index contributed by atoms with van der Waals surface area (Å²) in [5.74, 6) is 2.30. The smallest absolute Gasteiger partial charge is 0.191 e. The summed E-state index contributed by atoms with van der Waals surface area (Å²) in [6.07, 6.45) is 5.09. The molecule has 2 saturated heterocycles. The number of aryl methyl sites for hydroxylation is 1. The summed E-state index contributed by atoms with van der Waals surface area (Å²) in [7, 11) is 1.82. The third-order valence-corrected chi connectivity index (χ3v) is 6.02. The first-order valence-electron chi connectivity index (χ1n) is 11.1. The minimum absolute atomic E-state index is 0.503. The predicted molar refractivity (Wildman–Crippen MR) is 119 cm³/mol. The van der Waals surface area contributed by atoms with Gasteiger partial charge in [0.05, 0.1) is 13.2 Å². The fourth-order valence-electron chi connectivity index (χ4n) is 4.07. The minimum atomic E-state index is 0.503. The highest BCUT2D eigenvalue weighted by Crippen LogP contribution is 2.22. The second-order valence-corrected chi connectivity index (χ2v) is 8.39. The van der Waals surface area contributed by atoms with Gasteiger partial charge in [0.2, 0.25) is 0 Å². The maximum Gasteiger partial charge on any atom is 0.191 e. The van der Waals surface area contributed by atoms with E-state index >= 15 is 0 Å². The Morgan fingerprint density at radius 1 is 1.28 bits per heavy atom. The van der Waals surface area contributed by atoms with Crippen LogP contribution in [0.4, 0.5) is 0 Å². The van der Waals surface area contributed by atoms with E-state index in [9.17, 15) is 0 Å². The number of ether oxygens (including phenoxy) is 2. The van der Waals surface area contributed by atoms with Gasteiger partial charge < -0.3 is 20.1 Å². The van der Waals surface area contributed by atoms with Crippen LogP contribution in [-0.4, -0.2) is 63.4 Å². The first kappa shape index (κ1) is 21.9. The Bertz CT molecular complexity index is 658. The summed E-state index contributed by atoms with van der Waals surface area (Å²) in [4.78, 5) is 6.95. The molecule has 6 nitrogen and oxygen atoms in total. The van der Waals surface area contributed by atoms with Gasteiger partial charge in [-0.15, -0.1) is 0 Å². The predicted octanol–water partition coefficient (Wildman–Crippen LogP) is 2.95. The standard InChI is InChI=1S/C23H38N4O2/c1-18-7-8-21(22(14-18)29-17-20-9-13-28-16-20)15-26-23(24-3)25-10-12-27-11-5-4-6-19(27)2/h7-8,14,19-20H,4-6,9-13,15-17H2,1-3H3,(H2,24,25,26). The molecule has 0 bridgehead atoms. The van der Waals surface area contributed by atoms with Crippen LogP contribution in [0.2, 0.25) is 0 Å². The normalized spacial score (nSPS) is 23.2. The van der Waals surface area contributed by atoms with Gasteiger partial charge in [-0.25, -0.2) is 0 Å². The lowest BCUT2D eigenvalue weighted by Crippen LogP contribution is -2.45. The molecule has 2 heterocycles. The van der Waals surface area contributed by atoms with Crippen LogP contribution < -0.4 is 15.4 Å². The molecule has 0 aliphatic carbocycles. The highest BCUT2D eigenvalue weighted by molar-refractivity contribution is 5.79. The molecule has 162 valence electrons. The molecule has 2 aliphatic heterocycles. The summed E-state index contributed by atoms with van der Waals surface area (Å²) in [6, 6.07) is 7.10. The highest BCUT2D eigenvalue weighted by atomic mass is 16.5. The molecule has 1 aromatic carbocycles. The van der Waals surface area contributed by atoms with E-state index in [-0.39, 0.29) is 0 Å². The lowest BCUT2D eigenvalue weighted by molar-refractivity contribution is 0.163. The van der Waals surface area contributed by atoms with Crippen LogP contribution in [0.5, 0.6) is 5.75 Å². The molecule has 2 unspecified atom stereocenters. The van der Waals surface area contributed by atoms with E-state index in [4.69, 9.17) is 9.47 Å². The van der Waals surface area contributed by atoms with Gasteiger partial charge in [-0.2, -0.15) is 0 Å². The molecule has 2 fully saturated rings. The van der Waals surface area contributed by atoms with Crippen molar-refractivity contribution >= 4 is 5.96 Å². The van der Waals surface area contributed by atoms with Crippen molar-refractivity contribution in [1.29, 1.82) is 0 Å². The lowest BCUT2D eigenvalue weighted by Gasteiger charge is -2.33. The molecular weight excluding hydrogens is 364 g/mol. The van der Waals surface area contributed by atoms with E-state index in [0.29, 0.717) is 18.5 Å². The van der Waals surface area contributed by atoms with Crippen molar-refractivity contribution in [2.45, 2.75) is 52.1 Å². The van der Waals surface area contributed by atoms with Gasteiger partial charge in [0, 0.05) is 50.8 Å². The molecule has 2 aliphatic rings. The molecule has 0 saturated carbocycles. The monoisotopic (exact) mass is 402 g/mol. The average molecular weight is 403 g/mol. The topological polar surface area (TPSA) is 58.1 Å². The number of guanidine groups is 1. The molecular formula is C23H38N4O2. The first-order chi connectivity index (χ1) is 14.2. The number of aliphatic imine (C=N–C) groups is 1. The third kappa shape index (κ3) is 6.89. The maximum atomic E-state index is 6.15. The van der Waals surface area contributed by atoms with Crippen molar-refractivity contribution in [2.75, 3.05) is 46.5 Å². The van der Waals surface area contributed by atoms with Gasteiger partial charge in [0.25, 0.3) is 0 Å². The van der Waals surface area contributed by atoms with E-state index in [1.165, 1.54) is 31.4 Å². The maximum absolute atomic E-state index is 6.15. The van der Waals surface area contributed by atoms with Crippen molar-refractivity contribution in [3.63, 3.8) is 0 Å². The summed E-state index contributed by atoms with van der Waals surface area (Å²) in [5.41, 5.74) is 2.37. The molecule has 2 N–H and O–H groups in total. The lowest BCUT2D eigenvalue weighted by atomic mass is 10.0.